The van der Waals surface area contributed by atoms with Crippen LogP contribution in [0.5, 0.6) is 0 Å². The smallest absolute Gasteiger partial charge is 0.0660 e. The number of rotatable bonds is 4. The van der Waals surface area contributed by atoms with E-state index in [-0.39, 0.29) is 0 Å². The second kappa shape index (κ2) is 4.86. The summed E-state index contributed by atoms with van der Waals surface area (Å²) in [7, 11) is 0. The number of nitrogens with zero attached hydrogens (tertiary/aromatic N) is 2. The normalized spacial score (nSPS) is 15.0. The van der Waals surface area contributed by atoms with Gasteiger partial charge in [0.1, 0.15) is 0 Å². The van der Waals surface area contributed by atoms with Crippen LogP contribution in [0.1, 0.15) is 30.1 Å². The molecular formula is C14H16BrN3. The summed E-state index contributed by atoms with van der Waals surface area (Å²) in [5, 5.41) is 4.69. The molecule has 0 amide bonds. The van der Waals surface area contributed by atoms with Crippen molar-refractivity contribution in [1.82, 2.24) is 9.78 Å². The van der Waals surface area contributed by atoms with Gasteiger partial charge in [0.25, 0.3) is 0 Å². The van der Waals surface area contributed by atoms with E-state index in [4.69, 9.17) is 5.73 Å². The molecule has 1 heterocycles. The first-order valence-corrected chi connectivity index (χ1v) is 7.12. The summed E-state index contributed by atoms with van der Waals surface area (Å²) in [6, 6.07) is 10.5. The van der Waals surface area contributed by atoms with Gasteiger partial charge in [0.2, 0.25) is 0 Å². The van der Waals surface area contributed by atoms with Gasteiger partial charge in [-0.1, -0.05) is 22.0 Å². The number of nitrogens with two attached hydrogens (primary N) is 1. The number of hydrogen-bond donors (Lipinski definition) is 1. The summed E-state index contributed by atoms with van der Waals surface area (Å²) in [5.41, 5.74) is 9.16. The summed E-state index contributed by atoms with van der Waals surface area (Å²) in [6.07, 6.45) is 3.41. The third-order valence-corrected chi connectivity index (χ3v) is 3.73. The van der Waals surface area contributed by atoms with E-state index < -0.39 is 0 Å². The lowest BCUT2D eigenvalue weighted by Crippen LogP contribution is -2.05. The maximum absolute atomic E-state index is 5.62. The summed E-state index contributed by atoms with van der Waals surface area (Å²) in [6.45, 7) is 0.652. The Morgan fingerprint density at radius 1 is 1.33 bits per heavy atom. The summed E-state index contributed by atoms with van der Waals surface area (Å²) in [4.78, 5) is 0. The second-order valence-corrected chi connectivity index (χ2v) is 5.68. The van der Waals surface area contributed by atoms with Crippen LogP contribution in [0.15, 0.2) is 34.8 Å². The lowest BCUT2D eigenvalue weighted by Gasteiger charge is -2.06. The molecule has 0 spiro atoms. The average molecular weight is 306 g/mol. The molecular weight excluding hydrogens is 290 g/mol. The predicted octanol–water partition coefficient (Wildman–Crippen LogP) is 3.01. The Morgan fingerprint density at radius 2 is 2.17 bits per heavy atom. The molecule has 1 aliphatic carbocycles. The Bertz CT molecular complexity index is 558. The molecule has 2 aromatic rings. The number of hydrogen-bond acceptors (Lipinski definition) is 2. The lowest BCUT2D eigenvalue weighted by atomic mass is 10.2. The van der Waals surface area contributed by atoms with Crippen LogP contribution < -0.4 is 5.73 Å². The van der Waals surface area contributed by atoms with Crippen LogP contribution in [0.4, 0.5) is 0 Å². The molecule has 1 aromatic carbocycles. The van der Waals surface area contributed by atoms with Crippen LogP contribution in [0.3, 0.4) is 0 Å². The first-order chi connectivity index (χ1) is 8.78. The van der Waals surface area contributed by atoms with E-state index in [1.165, 1.54) is 18.5 Å². The van der Waals surface area contributed by atoms with Gasteiger partial charge in [-0.25, -0.2) is 4.68 Å². The monoisotopic (exact) mass is 305 g/mol. The largest absolute Gasteiger partial charge is 0.330 e. The molecule has 0 atom stereocenters. The standard InChI is InChI=1S/C14H16BrN3/c15-11-2-1-3-13(8-11)18-14(10-4-5-10)9-12(17-18)6-7-16/h1-3,8-10H,4-7,16H2. The first kappa shape index (κ1) is 11.9. The van der Waals surface area contributed by atoms with Crippen molar-refractivity contribution in [2.24, 2.45) is 5.73 Å². The molecule has 0 radical (unpaired) electrons. The van der Waals surface area contributed by atoms with E-state index in [0.29, 0.717) is 12.5 Å². The molecule has 0 bridgehead atoms. The molecule has 18 heavy (non-hydrogen) atoms. The van der Waals surface area contributed by atoms with Crippen molar-refractivity contribution < 1.29 is 0 Å². The molecule has 0 unspecified atom stereocenters. The molecule has 1 aliphatic rings. The van der Waals surface area contributed by atoms with E-state index in [2.05, 4.69) is 43.9 Å². The van der Waals surface area contributed by atoms with Crippen molar-refractivity contribution in [3.05, 3.63) is 46.2 Å². The third-order valence-electron chi connectivity index (χ3n) is 3.24. The Balaban J connectivity index is 2.03. The minimum atomic E-state index is 0.652. The van der Waals surface area contributed by atoms with Gasteiger partial charge in [-0.05, 0) is 43.7 Å². The number of halogens is 1. The minimum Gasteiger partial charge on any atom is -0.330 e. The van der Waals surface area contributed by atoms with E-state index in [1.807, 2.05) is 12.1 Å². The van der Waals surface area contributed by atoms with Crippen molar-refractivity contribution in [3.63, 3.8) is 0 Å². The third kappa shape index (κ3) is 2.35. The topological polar surface area (TPSA) is 43.8 Å². The fourth-order valence-electron chi connectivity index (χ4n) is 2.20. The van der Waals surface area contributed by atoms with Gasteiger partial charge in [0.15, 0.2) is 0 Å². The highest BCUT2D eigenvalue weighted by molar-refractivity contribution is 9.10. The Kier molecular flexibility index (Phi) is 3.22. The molecule has 0 aliphatic heterocycles. The molecule has 3 rings (SSSR count). The summed E-state index contributed by atoms with van der Waals surface area (Å²) >= 11 is 3.51. The lowest BCUT2D eigenvalue weighted by molar-refractivity contribution is 0.781. The van der Waals surface area contributed by atoms with Gasteiger partial charge in [0.05, 0.1) is 11.4 Å². The van der Waals surface area contributed by atoms with Crippen LogP contribution in [-0.2, 0) is 6.42 Å². The van der Waals surface area contributed by atoms with E-state index in [9.17, 15) is 0 Å². The number of benzene rings is 1. The molecule has 1 saturated carbocycles. The Morgan fingerprint density at radius 3 is 2.83 bits per heavy atom. The van der Waals surface area contributed by atoms with Gasteiger partial charge in [-0.2, -0.15) is 5.10 Å². The predicted molar refractivity (Wildman–Crippen MR) is 76.0 cm³/mol. The Labute approximate surface area is 115 Å². The molecule has 0 saturated heterocycles. The van der Waals surface area contributed by atoms with Gasteiger partial charge >= 0.3 is 0 Å². The van der Waals surface area contributed by atoms with E-state index in [0.717, 1.165) is 22.3 Å². The fourth-order valence-corrected chi connectivity index (χ4v) is 2.59. The number of aromatic nitrogens is 2. The summed E-state index contributed by atoms with van der Waals surface area (Å²) in [5.74, 6) is 0.683. The second-order valence-electron chi connectivity index (χ2n) is 4.77. The van der Waals surface area contributed by atoms with Crippen LogP contribution in [0.2, 0.25) is 0 Å². The minimum absolute atomic E-state index is 0.652. The molecule has 1 fully saturated rings. The van der Waals surface area contributed by atoms with E-state index in [1.54, 1.807) is 0 Å². The van der Waals surface area contributed by atoms with Crippen LogP contribution in [-0.4, -0.2) is 16.3 Å². The highest BCUT2D eigenvalue weighted by Crippen LogP contribution is 2.41. The molecule has 4 heteroatoms. The molecule has 3 nitrogen and oxygen atoms in total. The van der Waals surface area contributed by atoms with Gasteiger partial charge in [-0.15, -0.1) is 0 Å². The average Bonchev–Trinajstić information content (AvgIpc) is 3.11. The maximum atomic E-state index is 5.62. The van der Waals surface area contributed by atoms with Crippen molar-refractivity contribution >= 4 is 15.9 Å². The maximum Gasteiger partial charge on any atom is 0.0660 e. The van der Waals surface area contributed by atoms with E-state index >= 15 is 0 Å². The van der Waals surface area contributed by atoms with Gasteiger partial charge < -0.3 is 5.73 Å². The zero-order valence-corrected chi connectivity index (χ0v) is 11.7. The SMILES string of the molecule is NCCc1cc(C2CC2)n(-c2cccc(Br)c2)n1. The van der Waals surface area contributed by atoms with Crippen LogP contribution in [0, 0.1) is 0 Å². The van der Waals surface area contributed by atoms with Gasteiger partial charge in [-0.3, -0.25) is 0 Å². The Hall–Kier alpha value is -1.13. The van der Waals surface area contributed by atoms with Crippen LogP contribution in [0.25, 0.3) is 5.69 Å². The highest BCUT2D eigenvalue weighted by atomic mass is 79.9. The first-order valence-electron chi connectivity index (χ1n) is 6.33. The molecule has 2 N–H and O–H groups in total. The highest BCUT2D eigenvalue weighted by Gasteiger charge is 2.28. The molecule has 94 valence electrons. The zero-order valence-electron chi connectivity index (χ0n) is 10.1. The molecule has 1 aromatic heterocycles. The zero-order chi connectivity index (χ0) is 12.5. The fraction of sp³-hybridized carbons (Fsp3) is 0.357. The van der Waals surface area contributed by atoms with Crippen molar-refractivity contribution in [2.75, 3.05) is 6.54 Å². The van der Waals surface area contributed by atoms with Crippen molar-refractivity contribution in [2.45, 2.75) is 25.2 Å². The van der Waals surface area contributed by atoms with Crippen LogP contribution >= 0.6 is 15.9 Å². The quantitative estimate of drug-likeness (QED) is 0.943. The van der Waals surface area contributed by atoms with Gasteiger partial charge in [0, 0.05) is 22.5 Å². The summed E-state index contributed by atoms with van der Waals surface area (Å²) < 4.78 is 3.16. The van der Waals surface area contributed by atoms with Crippen molar-refractivity contribution in [3.8, 4) is 5.69 Å². The van der Waals surface area contributed by atoms with Crippen molar-refractivity contribution in [1.29, 1.82) is 0 Å².